The van der Waals surface area contributed by atoms with Crippen molar-refractivity contribution in [2.24, 2.45) is 0 Å². The quantitative estimate of drug-likeness (QED) is 0.620. The summed E-state index contributed by atoms with van der Waals surface area (Å²) in [5.41, 5.74) is 1.42. The third kappa shape index (κ3) is 5.96. The van der Waals surface area contributed by atoms with E-state index >= 15 is 0 Å². The highest BCUT2D eigenvalue weighted by Crippen LogP contribution is 2.29. The zero-order chi connectivity index (χ0) is 22.2. The number of aromatic nitrogens is 1. The van der Waals surface area contributed by atoms with Gasteiger partial charge in [0.1, 0.15) is 5.03 Å². The van der Waals surface area contributed by atoms with Gasteiger partial charge in [0.2, 0.25) is 5.91 Å². The van der Waals surface area contributed by atoms with Crippen molar-refractivity contribution in [2.75, 3.05) is 38.0 Å². The predicted molar refractivity (Wildman–Crippen MR) is 127 cm³/mol. The van der Waals surface area contributed by atoms with Gasteiger partial charge in [0.05, 0.1) is 12.1 Å². The van der Waals surface area contributed by atoms with Crippen LogP contribution in [-0.4, -0.2) is 59.3 Å². The number of rotatable bonds is 6. The lowest BCUT2D eigenvalue weighted by Gasteiger charge is -2.22. The number of pyridine rings is 1. The van der Waals surface area contributed by atoms with Crippen LogP contribution < -0.4 is 5.32 Å². The number of benzene rings is 2. The molecule has 0 bridgehead atoms. The van der Waals surface area contributed by atoms with E-state index in [1.165, 1.54) is 11.8 Å². The standard InChI is InChI=1S/C25H26N4O2S/c30-23(27-20-9-3-1-4-10-20)19-28-15-8-16-29(18-17-28)25(31)22-13-7-14-26-24(22)32-21-11-5-2-6-12-21/h1-7,9-14H,8,15-19H2,(H,27,30). The van der Waals surface area contributed by atoms with E-state index in [0.29, 0.717) is 36.8 Å². The fourth-order valence-electron chi connectivity index (χ4n) is 3.66. The van der Waals surface area contributed by atoms with E-state index < -0.39 is 0 Å². The summed E-state index contributed by atoms with van der Waals surface area (Å²) in [6.07, 6.45) is 2.54. The van der Waals surface area contributed by atoms with Crippen molar-refractivity contribution in [1.82, 2.24) is 14.8 Å². The average molecular weight is 447 g/mol. The van der Waals surface area contributed by atoms with Crippen LogP contribution in [0.5, 0.6) is 0 Å². The van der Waals surface area contributed by atoms with Crippen LogP contribution in [0.2, 0.25) is 0 Å². The fraction of sp³-hybridized carbons (Fsp3) is 0.240. The van der Waals surface area contributed by atoms with Gasteiger partial charge in [-0.3, -0.25) is 14.5 Å². The van der Waals surface area contributed by atoms with E-state index in [9.17, 15) is 9.59 Å². The molecule has 32 heavy (non-hydrogen) atoms. The maximum absolute atomic E-state index is 13.3. The molecular formula is C25H26N4O2S. The van der Waals surface area contributed by atoms with Gasteiger partial charge in [0.25, 0.3) is 5.91 Å². The van der Waals surface area contributed by atoms with E-state index in [1.807, 2.05) is 71.6 Å². The Labute approximate surface area is 192 Å². The largest absolute Gasteiger partial charge is 0.337 e. The minimum absolute atomic E-state index is 0.00730. The molecule has 1 aliphatic heterocycles. The zero-order valence-corrected chi connectivity index (χ0v) is 18.6. The first-order chi connectivity index (χ1) is 15.7. The van der Waals surface area contributed by atoms with Crippen LogP contribution in [0.15, 0.2) is 88.9 Å². The minimum atomic E-state index is -0.0372. The summed E-state index contributed by atoms with van der Waals surface area (Å²) in [5, 5.41) is 3.64. The molecule has 1 aromatic heterocycles. The number of hydrogen-bond donors (Lipinski definition) is 1. The van der Waals surface area contributed by atoms with Gasteiger partial charge in [-0.2, -0.15) is 0 Å². The minimum Gasteiger partial charge on any atom is -0.337 e. The van der Waals surface area contributed by atoms with E-state index in [-0.39, 0.29) is 11.8 Å². The number of carbonyl (C=O) groups excluding carboxylic acids is 2. The average Bonchev–Trinajstić information content (AvgIpc) is 3.06. The van der Waals surface area contributed by atoms with Crippen molar-refractivity contribution >= 4 is 29.3 Å². The molecule has 0 aliphatic carbocycles. The summed E-state index contributed by atoms with van der Waals surface area (Å²) < 4.78 is 0. The van der Waals surface area contributed by atoms with Gasteiger partial charge in [-0.15, -0.1) is 0 Å². The monoisotopic (exact) mass is 446 g/mol. The second-order valence-corrected chi connectivity index (χ2v) is 8.67. The first-order valence-corrected chi connectivity index (χ1v) is 11.5. The van der Waals surface area contributed by atoms with Crippen molar-refractivity contribution in [3.8, 4) is 0 Å². The third-order valence-electron chi connectivity index (χ3n) is 5.26. The zero-order valence-electron chi connectivity index (χ0n) is 17.8. The number of nitrogens with zero attached hydrogens (tertiary/aromatic N) is 3. The maximum atomic E-state index is 13.3. The molecule has 2 heterocycles. The lowest BCUT2D eigenvalue weighted by molar-refractivity contribution is -0.117. The van der Waals surface area contributed by atoms with Crippen LogP contribution >= 0.6 is 11.8 Å². The van der Waals surface area contributed by atoms with Crippen LogP contribution in [0.4, 0.5) is 5.69 Å². The number of anilines is 1. The molecule has 1 saturated heterocycles. The second-order valence-electron chi connectivity index (χ2n) is 7.61. The van der Waals surface area contributed by atoms with E-state index in [1.54, 1.807) is 12.3 Å². The molecule has 0 spiro atoms. The molecule has 0 radical (unpaired) electrons. The van der Waals surface area contributed by atoms with Crippen LogP contribution in [0, 0.1) is 0 Å². The molecule has 7 heteroatoms. The smallest absolute Gasteiger partial charge is 0.256 e. The Morgan fingerprint density at radius 3 is 2.41 bits per heavy atom. The normalized spacial score (nSPS) is 14.6. The Bertz CT molecular complexity index is 1050. The Morgan fingerprint density at radius 1 is 0.875 bits per heavy atom. The Hall–Kier alpha value is -3.16. The molecule has 6 nitrogen and oxygen atoms in total. The second kappa shape index (κ2) is 10.9. The molecule has 2 amide bonds. The van der Waals surface area contributed by atoms with Crippen LogP contribution in [0.25, 0.3) is 0 Å². The molecule has 0 saturated carbocycles. The molecule has 3 aromatic rings. The molecule has 0 unspecified atom stereocenters. The van der Waals surface area contributed by atoms with E-state index in [0.717, 1.165) is 23.5 Å². The highest BCUT2D eigenvalue weighted by molar-refractivity contribution is 7.99. The van der Waals surface area contributed by atoms with Gasteiger partial charge in [-0.25, -0.2) is 4.98 Å². The highest BCUT2D eigenvalue weighted by atomic mass is 32.2. The Balaban J connectivity index is 1.36. The molecule has 1 N–H and O–H groups in total. The Morgan fingerprint density at radius 2 is 1.62 bits per heavy atom. The van der Waals surface area contributed by atoms with Crippen LogP contribution in [0.1, 0.15) is 16.8 Å². The number of carbonyl (C=O) groups is 2. The lowest BCUT2D eigenvalue weighted by atomic mass is 10.2. The SMILES string of the molecule is O=C(CN1CCCN(C(=O)c2cccnc2Sc2ccccc2)CC1)Nc1ccccc1. The molecule has 0 atom stereocenters. The van der Waals surface area contributed by atoms with Crippen molar-refractivity contribution in [2.45, 2.75) is 16.3 Å². The van der Waals surface area contributed by atoms with E-state index in [2.05, 4.69) is 15.2 Å². The number of para-hydroxylation sites is 1. The molecule has 4 rings (SSSR count). The molecule has 164 valence electrons. The van der Waals surface area contributed by atoms with Gasteiger partial charge in [0, 0.05) is 43.0 Å². The third-order valence-corrected chi connectivity index (χ3v) is 6.29. The van der Waals surface area contributed by atoms with Gasteiger partial charge >= 0.3 is 0 Å². The first kappa shape index (κ1) is 22.0. The molecule has 1 fully saturated rings. The molecular weight excluding hydrogens is 420 g/mol. The maximum Gasteiger partial charge on any atom is 0.256 e. The van der Waals surface area contributed by atoms with Crippen molar-refractivity contribution in [1.29, 1.82) is 0 Å². The highest BCUT2D eigenvalue weighted by Gasteiger charge is 2.24. The van der Waals surface area contributed by atoms with Crippen LogP contribution in [-0.2, 0) is 4.79 Å². The molecule has 1 aliphatic rings. The number of hydrogen-bond acceptors (Lipinski definition) is 5. The van der Waals surface area contributed by atoms with Crippen molar-refractivity contribution < 1.29 is 9.59 Å². The van der Waals surface area contributed by atoms with Gasteiger partial charge in [-0.05, 0) is 42.8 Å². The van der Waals surface area contributed by atoms with Crippen molar-refractivity contribution in [3.63, 3.8) is 0 Å². The summed E-state index contributed by atoms with van der Waals surface area (Å²) in [6, 6.07) is 23.1. The fourth-order valence-corrected chi connectivity index (χ4v) is 4.56. The summed E-state index contributed by atoms with van der Waals surface area (Å²) >= 11 is 1.50. The first-order valence-electron chi connectivity index (χ1n) is 10.7. The number of nitrogens with one attached hydrogen (secondary N) is 1. The van der Waals surface area contributed by atoms with Crippen LogP contribution in [0.3, 0.4) is 0 Å². The summed E-state index contributed by atoms with van der Waals surface area (Å²) in [6.45, 7) is 3.01. The summed E-state index contributed by atoms with van der Waals surface area (Å²) in [5.74, 6) is -0.0445. The summed E-state index contributed by atoms with van der Waals surface area (Å²) in [4.78, 5) is 35.2. The lowest BCUT2D eigenvalue weighted by Crippen LogP contribution is -2.38. The van der Waals surface area contributed by atoms with Gasteiger partial charge in [0.15, 0.2) is 0 Å². The van der Waals surface area contributed by atoms with E-state index in [4.69, 9.17) is 0 Å². The summed E-state index contributed by atoms with van der Waals surface area (Å²) in [7, 11) is 0. The van der Waals surface area contributed by atoms with Gasteiger partial charge in [-0.1, -0.05) is 48.2 Å². The number of amides is 2. The predicted octanol–water partition coefficient (Wildman–Crippen LogP) is 4.02. The van der Waals surface area contributed by atoms with Gasteiger partial charge < -0.3 is 10.2 Å². The molecule has 2 aromatic carbocycles. The van der Waals surface area contributed by atoms with Crippen molar-refractivity contribution in [3.05, 3.63) is 84.6 Å². The topological polar surface area (TPSA) is 65.5 Å². The Kier molecular flexibility index (Phi) is 7.53.